The number of fused-ring (bicyclic) bond motifs is 1. The van der Waals surface area contributed by atoms with Crippen LogP contribution in [0, 0.1) is 6.92 Å². The number of ketones is 1. The van der Waals surface area contributed by atoms with Gasteiger partial charge in [0.1, 0.15) is 17.4 Å². The van der Waals surface area contributed by atoms with Crippen molar-refractivity contribution >= 4 is 34.6 Å². The number of aromatic nitrogens is 3. The van der Waals surface area contributed by atoms with E-state index in [1.807, 2.05) is 32.0 Å². The summed E-state index contributed by atoms with van der Waals surface area (Å²) in [5, 5.41) is 4.09. The molecule has 37 heavy (non-hydrogen) atoms. The predicted molar refractivity (Wildman–Crippen MR) is 142 cm³/mol. The molecule has 1 aromatic carbocycles. The molecule has 0 spiro atoms. The van der Waals surface area contributed by atoms with Crippen LogP contribution in [0.1, 0.15) is 74.3 Å². The summed E-state index contributed by atoms with van der Waals surface area (Å²) < 4.78 is 9.99. The van der Waals surface area contributed by atoms with Gasteiger partial charge in [-0.05, 0) is 49.6 Å². The zero-order valence-electron chi connectivity index (χ0n) is 22.0. The Morgan fingerprint density at radius 1 is 1.14 bits per heavy atom. The number of aromatic amines is 2. The number of amides is 1. The Balaban J connectivity index is 1.73. The summed E-state index contributed by atoms with van der Waals surface area (Å²) in [6.45, 7) is 3.83. The molecule has 2 aromatic heterocycles. The van der Waals surface area contributed by atoms with E-state index in [4.69, 9.17) is 4.74 Å². The lowest BCUT2D eigenvalue weighted by Crippen LogP contribution is -2.30. The Morgan fingerprint density at radius 2 is 1.95 bits per heavy atom. The maximum absolute atomic E-state index is 13.2. The van der Waals surface area contributed by atoms with Crippen molar-refractivity contribution in [3.63, 3.8) is 0 Å². The maximum Gasteiger partial charge on any atom is 0.330 e. The molecule has 1 amide bonds. The van der Waals surface area contributed by atoms with E-state index in [9.17, 15) is 14.4 Å². The number of carbonyl (C=O) groups excluding carboxylic acids is 3. The number of hydrogen-bond donors (Lipinski definition) is 3. The summed E-state index contributed by atoms with van der Waals surface area (Å²) in [5.74, 6) is 1.02. The number of nitrogens with one attached hydrogen (secondary N) is 3. The van der Waals surface area contributed by atoms with Gasteiger partial charge in [-0.3, -0.25) is 9.59 Å². The molecule has 3 aromatic rings. The molecule has 0 saturated carbocycles. The fraction of sp³-hybridized carbons (Fsp3) is 0.429. The Bertz CT molecular complexity index is 1260. The minimum absolute atomic E-state index is 0.124. The summed E-state index contributed by atoms with van der Waals surface area (Å²) in [7, 11) is 2.93. The van der Waals surface area contributed by atoms with E-state index in [1.54, 1.807) is 19.4 Å². The van der Waals surface area contributed by atoms with Crippen LogP contribution in [-0.2, 0) is 25.5 Å². The van der Waals surface area contributed by atoms with Crippen LogP contribution in [-0.4, -0.2) is 46.8 Å². The third-order valence-electron chi connectivity index (χ3n) is 6.39. The molecule has 0 aliphatic heterocycles. The lowest BCUT2D eigenvalue weighted by Gasteiger charge is -2.17. The second kappa shape index (κ2) is 13.4. The number of aryl methyl sites for hydroxylation is 1. The first kappa shape index (κ1) is 27.7. The van der Waals surface area contributed by atoms with Crippen LogP contribution < -0.4 is 10.1 Å². The topological polar surface area (TPSA) is 126 Å². The molecule has 0 fully saturated rings. The van der Waals surface area contributed by atoms with Crippen molar-refractivity contribution in [2.24, 2.45) is 0 Å². The molecule has 2 heterocycles. The minimum atomic E-state index is -0.464. The number of imidazole rings is 1. The van der Waals surface area contributed by atoms with E-state index in [2.05, 4.69) is 25.0 Å². The number of methoxy groups -OCH3 is 2. The highest BCUT2D eigenvalue weighted by Crippen LogP contribution is 2.27. The molecule has 0 saturated heterocycles. The Morgan fingerprint density at radius 3 is 2.68 bits per heavy atom. The number of benzene rings is 1. The van der Waals surface area contributed by atoms with Crippen LogP contribution in [0.3, 0.4) is 0 Å². The Hall–Kier alpha value is -3.88. The van der Waals surface area contributed by atoms with E-state index in [0.29, 0.717) is 30.8 Å². The van der Waals surface area contributed by atoms with E-state index >= 15 is 0 Å². The van der Waals surface area contributed by atoms with Gasteiger partial charge in [-0.25, -0.2) is 9.78 Å². The summed E-state index contributed by atoms with van der Waals surface area (Å²) in [5.41, 5.74) is 3.44. The highest BCUT2D eigenvalue weighted by Gasteiger charge is 2.20. The molecule has 198 valence electrons. The van der Waals surface area contributed by atoms with Gasteiger partial charge in [0.05, 0.1) is 38.6 Å². The van der Waals surface area contributed by atoms with Gasteiger partial charge in [0.25, 0.3) is 0 Å². The van der Waals surface area contributed by atoms with Crippen LogP contribution in [0.15, 0.2) is 30.5 Å². The van der Waals surface area contributed by atoms with Crippen LogP contribution in [0.25, 0.3) is 17.0 Å². The highest BCUT2D eigenvalue weighted by molar-refractivity contribution is 5.91. The molecular formula is C28H36N4O5. The molecule has 0 aliphatic carbocycles. The zero-order chi connectivity index (χ0) is 26.8. The Labute approximate surface area is 217 Å². The van der Waals surface area contributed by atoms with Crippen molar-refractivity contribution in [3.05, 3.63) is 53.2 Å². The van der Waals surface area contributed by atoms with Gasteiger partial charge < -0.3 is 24.8 Å². The molecule has 0 aliphatic rings. The van der Waals surface area contributed by atoms with Crippen molar-refractivity contribution in [1.82, 2.24) is 20.3 Å². The average Bonchev–Trinajstić information content (AvgIpc) is 3.50. The second-order valence-corrected chi connectivity index (χ2v) is 9.01. The first-order valence-corrected chi connectivity index (χ1v) is 12.6. The summed E-state index contributed by atoms with van der Waals surface area (Å²) in [6, 6.07) is 5.42. The normalized spacial score (nSPS) is 12.1. The first-order valence-electron chi connectivity index (χ1n) is 12.6. The van der Waals surface area contributed by atoms with Crippen molar-refractivity contribution in [3.8, 4) is 5.75 Å². The van der Waals surface area contributed by atoms with Gasteiger partial charge in [-0.1, -0.05) is 19.8 Å². The van der Waals surface area contributed by atoms with Gasteiger partial charge in [0.2, 0.25) is 5.91 Å². The Kier molecular flexibility index (Phi) is 10.1. The molecule has 1 atom stereocenters. The standard InChI is InChI=1S/C28H36N4O5/c1-5-20(33)9-7-6-8-10-25(28-29-17-19(31-28)11-14-27(35)37-4)32-26(34)16-22-18(2)30-24-13-12-21(36-3)15-23(22)24/h11-15,17,25,30H,5-10,16H2,1-4H3,(H,29,31)(H,32,34). The lowest BCUT2D eigenvalue weighted by atomic mass is 10.0. The molecule has 3 N–H and O–H groups in total. The fourth-order valence-corrected chi connectivity index (χ4v) is 4.26. The largest absolute Gasteiger partial charge is 0.497 e. The number of ether oxygens (including phenoxy) is 2. The van der Waals surface area contributed by atoms with Gasteiger partial charge >= 0.3 is 5.97 Å². The number of esters is 1. The number of hydrogen-bond acceptors (Lipinski definition) is 6. The van der Waals surface area contributed by atoms with Crippen molar-refractivity contribution in [1.29, 1.82) is 0 Å². The first-order chi connectivity index (χ1) is 17.8. The minimum Gasteiger partial charge on any atom is -0.497 e. The van der Waals surface area contributed by atoms with Crippen molar-refractivity contribution in [2.75, 3.05) is 14.2 Å². The van der Waals surface area contributed by atoms with Crippen LogP contribution in [0.2, 0.25) is 0 Å². The smallest absolute Gasteiger partial charge is 0.330 e. The summed E-state index contributed by atoms with van der Waals surface area (Å²) in [4.78, 5) is 47.2. The second-order valence-electron chi connectivity index (χ2n) is 9.01. The maximum atomic E-state index is 13.2. The molecule has 0 bridgehead atoms. The number of unbranched alkanes of at least 4 members (excludes halogenated alkanes) is 2. The summed E-state index contributed by atoms with van der Waals surface area (Å²) >= 11 is 0. The molecule has 9 heteroatoms. The van der Waals surface area contributed by atoms with Gasteiger partial charge in [0.15, 0.2) is 0 Å². The number of rotatable bonds is 14. The van der Waals surface area contributed by atoms with Crippen LogP contribution in [0.4, 0.5) is 0 Å². The molecule has 9 nitrogen and oxygen atoms in total. The average molecular weight is 509 g/mol. The number of carbonyl (C=O) groups is 3. The SMILES string of the molecule is CCC(=O)CCCCCC(NC(=O)Cc1c(C)[nH]c2ccc(OC)cc12)c1ncc(C=CC(=O)OC)[nH]1. The number of H-pyrrole nitrogens is 2. The predicted octanol–water partition coefficient (Wildman–Crippen LogP) is 4.72. The van der Waals surface area contributed by atoms with E-state index < -0.39 is 5.97 Å². The highest BCUT2D eigenvalue weighted by atomic mass is 16.5. The summed E-state index contributed by atoms with van der Waals surface area (Å²) in [6.07, 6.45) is 9.07. The fourth-order valence-electron chi connectivity index (χ4n) is 4.26. The van der Waals surface area contributed by atoms with Gasteiger partial charge in [-0.2, -0.15) is 0 Å². The monoisotopic (exact) mass is 508 g/mol. The van der Waals surface area contributed by atoms with Crippen LogP contribution >= 0.6 is 0 Å². The number of Topliss-reactive ketones (excluding diaryl/α,β-unsaturated/α-hetero) is 1. The van der Waals surface area contributed by atoms with Crippen molar-refractivity contribution in [2.45, 2.75) is 64.8 Å². The molecule has 3 rings (SSSR count). The quantitative estimate of drug-likeness (QED) is 0.164. The van der Waals surface area contributed by atoms with E-state index in [0.717, 1.165) is 47.2 Å². The molecular weight excluding hydrogens is 472 g/mol. The van der Waals surface area contributed by atoms with E-state index in [-0.39, 0.29) is 24.2 Å². The zero-order valence-corrected chi connectivity index (χ0v) is 22.0. The third kappa shape index (κ3) is 7.80. The molecule has 1 unspecified atom stereocenters. The van der Waals surface area contributed by atoms with Crippen LogP contribution in [0.5, 0.6) is 5.75 Å². The van der Waals surface area contributed by atoms with E-state index in [1.165, 1.54) is 13.2 Å². The number of nitrogens with zero attached hydrogens (tertiary/aromatic N) is 1. The van der Waals surface area contributed by atoms with Crippen molar-refractivity contribution < 1.29 is 23.9 Å². The van der Waals surface area contributed by atoms with Gasteiger partial charge in [-0.15, -0.1) is 0 Å². The van der Waals surface area contributed by atoms with Gasteiger partial charge in [0, 0.05) is 35.5 Å². The molecule has 0 radical (unpaired) electrons. The third-order valence-corrected chi connectivity index (χ3v) is 6.39. The lowest BCUT2D eigenvalue weighted by molar-refractivity contribution is -0.134.